The molecule has 3 atom stereocenters. The number of ether oxygens (including phenoxy) is 1. The molecule has 3 rings (SSSR count). The van der Waals surface area contributed by atoms with Crippen LogP contribution in [0.1, 0.15) is 49.4 Å². The molecule has 1 saturated carbocycles. The molecule has 2 aliphatic rings. The van der Waals surface area contributed by atoms with Gasteiger partial charge < -0.3 is 9.64 Å². The van der Waals surface area contributed by atoms with E-state index in [1.165, 1.54) is 24.8 Å². The first-order valence-electron chi connectivity index (χ1n) is 8.82. The zero-order valence-electron chi connectivity index (χ0n) is 14.3. The van der Waals surface area contributed by atoms with E-state index in [1.807, 2.05) is 4.90 Å². The largest absolute Gasteiger partial charge is 0.468 e. The van der Waals surface area contributed by atoms with Crippen molar-refractivity contribution in [1.82, 2.24) is 9.88 Å². The number of pyridine rings is 1. The molecule has 0 N–H and O–H groups in total. The highest BCUT2D eigenvalue weighted by Gasteiger charge is 2.39. The minimum Gasteiger partial charge on any atom is -0.468 e. The molecule has 1 aliphatic carbocycles. The molecule has 7 heteroatoms. The maximum atomic E-state index is 12.9. The van der Waals surface area contributed by atoms with Crippen molar-refractivity contribution in [1.29, 1.82) is 0 Å². The summed E-state index contributed by atoms with van der Waals surface area (Å²) in [7, 11) is 0. The van der Waals surface area contributed by atoms with Crippen LogP contribution >= 0.6 is 0 Å². The Labute approximate surface area is 145 Å². The fraction of sp³-hybridized carbons (Fsp3) is 0.667. The lowest BCUT2D eigenvalue weighted by Crippen LogP contribution is -2.52. The predicted octanol–water partition coefficient (Wildman–Crippen LogP) is 4.06. The lowest BCUT2D eigenvalue weighted by atomic mass is 9.72. The van der Waals surface area contributed by atoms with Crippen molar-refractivity contribution in [2.45, 2.75) is 51.2 Å². The second-order valence-electron chi connectivity index (χ2n) is 7.07. The summed E-state index contributed by atoms with van der Waals surface area (Å²) in [6.45, 7) is 1.60. The van der Waals surface area contributed by atoms with Crippen LogP contribution in [-0.4, -0.2) is 41.2 Å². The van der Waals surface area contributed by atoms with Crippen LogP contribution in [0.2, 0.25) is 0 Å². The third kappa shape index (κ3) is 4.25. The van der Waals surface area contributed by atoms with Crippen LogP contribution in [0.3, 0.4) is 0 Å². The van der Waals surface area contributed by atoms with E-state index < -0.39 is 12.8 Å². The van der Waals surface area contributed by atoms with Crippen molar-refractivity contribution in [2.75, 3.05) is 13.2 Å². The van der Waals surface area contributed by atoms with Crippen LogP contribution in [-0.2, 0) is 0 Å². The standard InChI is InChI=1S/C18H23F3N2O2/c1-12-8-9-23(15-5-3-2-4-14(12)15)17(24)13-6-7-16(22-10-13)25-11-18(19,20)21/h6-7,10,12,14-15H,2-5,8-9,11H2,1H3. The number of alkyl halides is 3. The SMILES string of the molecule is CC1CCN(C(=O)c2ccc(OCC(F)(F)F)nc2)C2CCCCC12. The molecule has 1 amide bonds. The van der Waals surface area contributed by atoms with Crippen LogP contribution in [0.4, 0.5) is 13.2 Å². The Kier molecular flexibility index (Phi) is 5.20. The van der Waals surface area contributed by atoms with Gasteiger partial charge in [-0.3, -0.25) is 4.79 Å². The predicted molar refractivity (Wildman–Crippen MR) is 86.4 cm³/mol. The molecule has 3 unspecified atom stereocenters. The van der Waals surface area contributed by atoms with Gasteiger partial charge >= 0.3 is 6.18 Å². The maximum Gasteiger partial charge on any atom is 0.422 e. The molecule has 0 radical (unpaired) electrons. The summed E-state index contributed by atoms with van der Waals surface area (Å²) in [6.07, 6.45) is 2.45. The summed E-state index contributed by atoms with van der Waals surface area (Å²) in [5.74, 6) is 0.967. The molecule has 4 nitrogen and oxygen atoms in total. The number of piperidine rings is 1. The van der Waals surface area contributed by atoms with E-state index in [-0.39, 0.29) is 17.8 Å². The molecule has 1 saturated heterocycles. The first-order valence-corrected chi connectivity index (χ1v) is 8.82. The average Bonchev–Trinajstić information content (AvgIpc) is 2.60. The smallest absolute Gasteiger partial charge is 0.422 e. The second kappa shape index (κ2) is 7.22. The van der Waals surface area contributed by atoms with Gasteiger partial charge in [0.25, 0.3) is 5.91 Å². The minimum absolute atomic E-state index is 0.0846. The molecular weight excluding hydrogens is 333 g/mol. The molecule has 0 spiro atoms. The number of halogens is 3. The molecule has 2 heterocycles. The van der Waals surface area contributed by atoms with Crippen LogP contribution in [0.5, 0.6) is 5.88 Å². The summed E-state index contributed by atoms with van der Waals surface area (Å²) < 4.78 is 41.1. The van der Waals surface area contributed by atoms with E-state index in [0.717, 1.165) is 32.2 Å². The van der Waals surface area contributed by atoms with Crippen molar-refractivity contribution in [3.8, 4) is 5.88 Å². The lowest BCUT2D eigenvalue weighted by Gasteiger charge is -2.47. The van der Waals surface area contributed by atoms with Gasteiger partial charge in [0.15, 0.2) is 6.61 Å². The maximum absolute atomic E-state index is 12.9. The number of carbonyl (C=O) groups excluding carboxylic acids is 1. The summed E-state index contributed by atoms with van der Waals surface area (Å²) in [5.41, 5.74) is 0.401. The number of nitrogens with zero attached hydrogens (tertiary/aromatic N) is 2. The zero-order chi connectivity index (χ0) is 18.0. The fourth-order valence-electron chi connectivity index (χ4n) is 4.08. The van der Waals surface area contributed by atoms with E-state index in [1.54, 1.807) is 0 Å². The molecule has 25 heavy (non-hydrogen) atoms. The van der Waals surface area contributed by atoms with E-state index in [2.05, 4.69) is 16.6 Å². The van der Waals surface area contributed by atoms with Gasteiger partial charge in [-0.05, 0) is 37.2 Å². The molecule has 138 valence electrons. The molecular formula is C18H23F3N2O2. The van der Waals surface area contributed by atoms with Crippen molar-refractivity contribution in [2.24, 2.45) is 11.8 Å². The Morgan fingerprint density at radius 3 is 2.72 bits per heavy atom. The summed E-state index contributed by atoms with van der Waals surface area (Å²) in [6, 6.07) is 3.09. The first kappa shape index (κ1) is 18.0. The van der Waals surface area contributed by atoms with Gasteiger partial charge in [0.1, 0.15) is 0 Å². The first-order chi connectivity index (χ1) is 11.8. The van der Waals surface area contributed by atoms with Gasteiger partial charge in [-0.25, -0.2) is 4.98 Å². The summed E-state index contributed by atoms with van der Waals surface area (Å²) in [5, 5.41) is 0. The second-order valence-corrected chi connectivity index (χ2v) is 7.07. The van der Waals surface area contributed by atoms with Gasteiger partial charge in [0.2, 0.25) is 5.88 Å². The molecule has 1 aromatic rings. The lowest BCUT2D eigenvalue weighted by molar-refractivity contribution is -0.154. The van der Waals surface area contributed by atoms with Gasteiger partial charge in [0.05, 0.1) is 5.56 Å². The van der Waals surface area contributed by atoms with Gasteiger partial charge in [-0.15, -0.1) is 0 Å². The van der Waals surface area contributed by atoms with Crippen LogP contribution in [0.25, 0.3) is 0 Å². The highest BCUT2D eigenvalue weighted by molar-refractivity contribution is 5.94. The Bertz CT molecular complexity index is 603. The number of likely N-dealkylation sites (tertiary alicyclic amines) is 1. The van der Waals surface area contributed by atoms with Crippen molar-refractivity contribution < 1.29 is 22.7 Å². The van der Waals surface area contributed by atoms with Crippen molar-refractivity contribution in [3.05, 3.63) is 23.9 Å². The van der Waals surface area contributed by atoms with E-state index in [0.29, 0.717) is 17.4 Å². The van der Waals surface area contributed by atoms with Crippen molar-refractivity contribution >= 4 is 5.91 Å². The monoisotopic (exact) mass is 356 g/mol. The Hall–Kier alpha value is -1.79. The molecule has 1 aliphatic heterocycles. The molecule has 0 aromatic carbocycles. The molecule has 0 bridgehead atoms. The molecule has 2 fully saturated rings. The Morgan fingerprint density at radius 1 is 1.28 bits per heavy atom. The zero-order valence-corrected chi connectivity index (χ0v) is 14.3. The molecule has 1 aromatic heterocycles. The Morgan fingerprint density at radius 2 is 2.04 bits per heavy atom. The number of fused-ring (bicyclic) bond motifs is 1. The van der Waals surface area contributed by atoms with Gasteiger partial charge in [-0.2, -0.15) is 13.2 Å². The number of hydrogen-bond acceptors (Lipinski definition) is 3. The van der Waals surface area contributed by atoms with E-state index >= 15 is 0 Å². The third-order valence-corrected chi connectivity index (χ3v) is 5.37. The highest BCUT2D eigenvalue weighted by atomic mass is 19.4. The topological polar surface area (TPSA) is 42.4 Å². The van der Waals surface area contributed by atoms with Crippen LogP contribution < -0.4 is 4.74 Å². The number of aromatic nitrogens is 1. The number of amides is 1. The number of hydrogen-bond donors (Lipinski definition) is 0. The normalized spacial score (nSPS) is 26.9. The van der Waals surface area contributed by atoms with E-state index in [9.17, 15) is 18.0 Å². The number of carbonyl (C=O) groups is 1. The van der Waals surface area contributed by atoms with Gasteiger partial charge in [0, 0.05) is 24.8 Å². The van der Waals surface area contributed by atoms with Crippen molar-refractivity contribution in [3.63, 3.8) is 0 Å². The van der Waals surface area contributed by atoms with Crippen LogP contribution in [0, 0.1) is 11.8 Å². The highest BCUT2D eigenvalue weighted by Crippen LogP contribution is 2.39. The van der Waals surface area contributed by atoms with E-state index in [4.69, 9.17) is 0 Å². The van der Waals surface area contributed by atoms with Gasteiger partial charge in [-0.1, -0.05) is 19.8 Å². The average molecular weight is 356 g/mol. The quantitative estimate of drug-likeness (QED) is 0.820. The third-order valence-electron chi connectivity index (χ3n) is 5.37. The van der Waals surface area contributed by atoms with Crippen LogP contribution in [0.15, 0.2) is 18.3 Å². The minimum atomic E-state index is -4.41. The number of rotatable bonds is 3. The summed E-state index contributed by atoms with van der Waals surface area (Å²) >= 11 is 0. The fourth-order valence-corrected chi connectivity index (χ4v) is 4.08. The Balaban J connectivity index is 1.68. The summed E-state index contributed by atoms with van der Waals surface area (Å²) in [4.78, 5) is 18.6.